The molecule has 0 atom stereocenters. The standard InChI is InChI=1S/C7H13NO3.C6H11NO3/c1-10-6(9)7(8)2-4-11-5-3-7;7-6(5(8)9)1-3-10-4-2-6/h2-5,8H2,1H3;1-4,7H2,(H,8,9). The first-order valence-electron chi connectivity index (χ1n) is 6.89. The lowest BCUT2D eigenvalue weighted by atomic mass is 9.92. The number of hydrogen-bond donors (Lipinski definition) is 3. The first-order valence-corrected chi connectivity index (χ1v) is 6.89. The lowest BCUT2D eigenvalue weighted by molar-refractivity contribution is -0.150. The fourth-order valence-corrected chi connectivity index (χ4v) is 2.09. The van der Waals surface area contributed by atoms with E-state index in [4.69, 9.17) is 26.0 Å². The molecule has 8 heteroatoms. The third-order valence-electron chi connectivity index (χ3n) is 3.79. The molecule has 2 heterocycles. The zero-order valence-electron chi connectivity index (χ0n) is 12.3. The van der Waals surface area contributed by atoms with Crippen molar-refractivity contribution in [3.63, 3.8) is 0 Å². The van der Waals surface area contributed by atoms with Gasteiger partial charge in [0.05, 0.1) is 7.11 Å². The summed E-state index contributed by atoms with van der Waals surface area (Å²) in [6.45, 7) is 2.02. The lowest BCUT2D eigenvalue weighted by Crippen LogP contribution is -2.52. The van der Waals surface area contributed by atoms with Crippen molar-refractivity contribution in [2.75, 3.05) is 33.5 Å². The summed E-state index contributed by atoms with van der Waals surface area (Å²) in [5.41, 5.74) is 9.45. The smallest absolute Gasteiger partial charge is 0.326 e. The number of nitrogens with two attached hydrogens (primary N) is 2. The Labute approximate surface area is 123 Å². The summed E-state index contributed by atoms with van der Waals surface area (Å²) in [4.78, 5) is 21.6. The second-order valence-electron chi connectivity index (χ2n) is 5.33. The molecule has 0 spiro atoms. The molecule has 5 N–H and O–H groups in total. The first kappa shape index (κ1) is 17.8. The van der Waals surface area contributed by atoms with E-state index in [0.29, 0.717) is 52.1 Å². The number of rotatable bonds is 2. The Kier molecular flexibility index (Phi) is 6.53. The lowest BCUT2D eigenvalue weighted by Gasteiger charge is -2.29. The number of esters is 1. The minimum absolute atomic E-state index is 0.333. The number of carbonyl (C=O) groups is 2. The van der Waals surface area contributed by atoms with Crippen molar-refractivity contribution < 1.29 is 28.9 Å². The third-order valence-corrected chi connectivity index (χ3v) is 3.79. The van der Waals surface area contributed by atoms with E-state index in [2.05, 4.69) is 4.74 Å². The number of aliphatic carboxylic acids is 1. The van der Waals surface area contributed by atoms with Crippen LogP contribution >= 0.6 is 0 Å². The van der Waals surface area contributed by atoms with Crippen LogP contribution in [0.5, 0.6) is 0 Å². The fourth-order valence-electron chi connectivity index (χ4n) is 2.09. The normalized spacial score (nSPS) is 23.4. The van der Waals surface area contributed by atoms with E-state index < -0.39 is 17.0 Å². The van der Waals surface area contributed by atoms with Gasteiger partial charge in [0.2, 0.25) is 0 Å². The predicted octanol–water partition coefficient (Wildman–Crippen LogP) is -0.754. The van der Waals surface area contributed by atoms with Gasteiger partial charge in [-0.1, -0.05) is 0 Å². The largest absolute Gasteiger partial charge is 0.480 e. The van der Waals surface area contributed by atoms with Crippen LogP contribution in [0.25, 0.3) is 0 Å². The summed E-state index contributed by atoms with van der Waals surface area (Å²) >= 11 is 0. The Hall–Kier alpha value is -1.22. The Morgan fingerprint density at radius 1 is 0.952 bits per heavy atom. The van der Waals surface area contributed by atoms with Gasteiger partial charge in [0.15, 0.2) is 0 Å². The van der Waals surface area contributed by atoms with Crippen LogP contribution in [0.2, 0.25) is 0 Å². The van der Waals surface area contributed by atoms with E-state index in [1.807, 2.05) is 0 Å². The molecule has 0 aliphatic carbocycles. The molecule has 0 aromatic rings. The maximum Gasteiger partial charge on any atom is 0.326 e. The molecule has 0 aromatic carbocycles. The molecule has 122 valence electrons. The Morgan fingerprint density at radius 2 is 1.33 bits per heavy atom. The summed E-state index contributed by atoms with van der Waals surface area (Å²) in [5.74, 6) is -1.25. The molecule has 2 aliphatic heterocycles. The molecule has 21 heavy (non-hydrogen) atoms. The average Bonchev–Trinajstić information content (AvgIpc) is 2.48. The van der Waals surface area contributed by atoms with Gasteiger partial charge >= 0.3 is 11.9 Å². The van der Waals surface area contributed by atoms with Crippen molar-refractivity contribution in [2.24, 2.45) is 11.5 Å². The van der Waals surface area contributed by atoms with Gasteiger partial charge in [-0.15, -0.1) is 0 Å². The van der Waals surface area contributed by atoms with Crippen molar-refractivity contribution in [3.05, 3.63) is 0 Å². The van der Waals surface area contributed by atoms with Gasteiger partial charge in [-0.3, -0.25) is 9.59 Å². The van der Waals surface area contributed by atoms with Crippen LogP contribution in [0.3, 0.4) is 0 Å². The van der Waals surface area contributed by atoms with Crippen molar-refractivity contribution >= 4 is 11.9 Å². The van der Waals surface area contributed by atoms with Crippen LogP contribution in [-0.4, -0.2) is 61.7 Å². The van der Waals surface area contributed by atoms with Crippen LogP contribution in [0.1, 0.15) is 25.7 Å². The van der Waals surface area contributed by atoms with E-state index >= 15 is 0 Å². The fraction of sp³-hybridized carbons (Fsp3) is 0.846. The molecular formula is C13H24N2O6. The molecule has 2 saturated heterocycles. The van der Waals surface area contributed by atoms with Crippen molar-refractivity contribution in [1.82, 2.24) is 0 Å². The number of carboxylic acid groups (broad SMARTS) is 1. The molecular weight excluding hydrogens is 280 g/mol. The number of ether oxygens (including phenoxy) is 3. The van der Waals surface area contributed by atoms with Crippen molar-refractivity contribution in [2.45, 2.75) is 36.8 Å². The average molecular weight is 304 g/mol. The van der Waals surface area contributed by atoms with Gasteiger partial charge in [0.25, 0.3) is 0 Å². The van der Waals surface area contributed by atoms with E-state index in [1.165, 1.54) is 7.11 Å². The third kappa shape index (κ3) is 4.92. The van der Waals surface area contributed by atoms with E-state index in [0.717, 1.165) is 0 Å². The molecule has 0 bridgehead atoms. The summed E-state index contributed by atoms with van der Waals surface area (Å²) in [6.07, 6.45) is 1.95. The molecule has 0 radical (unpaired) electrons. The quantitative estimate of drug-likeness (QED) is 0.567. The maximum atomic E-state index is 11.1. The van der Waals surface area contributed by atoms with Gasteiger partial charge in [0, 0.05) is 26.4 Å². The Morgan fingerprint density at radius 3 is 1.62 bits per heavy atom. The topological polar surface area (TPSA) is 134 Å². The van der Waals surface area contributed by atoms with Gasteiger partial charge in [-0.2, -0.15) is 0 Å². The summed E-state index contributed by atoms with van der Waals surface area (Å²) in [5, 5.41) is 8.62. The van der Waals surface area contributed by atoms with Gasteiger partial charge < -0.3 is 30.8 Å². The molecule has 0 aromatic heterocycles. The number of hydrogen-bond acceptors (Lipinski definition) is 7. The van der Waals surface area contributed by atoms with Crippen LogP contribution in [0.4, 0.5) is 0 Å². The number of carboxylic acids is 1. The number of methoxy groups -OCH3 is 1. The Balaban J connectivity index is 0.000000211. The van der Waals surface area contributed by atoms with Crippen LogP contribution in [0.15, 0.2) is 0 Å². The molecule has 2 rings (SSSR count). The molecule has 0 amide bonds. The van der Waals surface area contributed by atoms with E-state index in [-0.39, 0.29) is 5.97 Å². The van der Waals surface area contributed by atoms with Crippen LogP contribution in [-0.2, 0) is 23.8 Å². The second kappa shape index (κ2) is 7.69. The second-order valence-corrected chi connectivity index (χ2v) is 5.33. The molecule has 8 nitrogen and oxygen atoms in total. The van der Waals surface area contributed by atoms with Crippen LogP contribution < -0.4 is 11.5 Å². The summed E-state index contributed by atoms with van der Waals surface area (Å²) < 4.78 is 14.6. The monoisotopic (exact) mass is 304 g/mol. The number of carbonyl (C=O) groups excluding carboxylic acids is 1. The maximum absolute atomic E-state index is 11.1. The van der Waals surface area contributed by atoms with Crippen LogP contribution in [0, 0.1) is 0 Å². The highest BCUT2D eigenvalue weighted by Crippen LogP contribution is 2.18. The zero-order chi connectivity index (χ0) is 15.9. The molecule has 0 saturated carbocycles. The highest BCUT2D eigenvalue weighted by molar-refractivity contribution is 5.80. The highest BCUT2D eigenvalue weighted by Gasteiger charge is 2.37. The first-order chi connectivity index (χ1) is 9.84. The predicted molar refractivity (Wildman–Crippen MR) is 73.6 cm³/mol. The van der Waals surface area contributed by atoms with Gasteiger partial charge in [-0.25, -0.2) is 0 Å². The van der Waals surface area contributed by atoms with E-state index in [1.54, 1.807) is 0 Å². The van der Waals surface area contributed by atoms with Crippen molar-refractivity contribution in [3.8, 4) is 0 Å². The zero-order valence-corrected chi connectivity index (χ0v) is 12.3. The summed E-state index contributed by atoms with van der Waals surface area (Å²) in [6, 6.07) is 0. The molecule has 2 fully saturated rings. The SMILES string of the molecule is COC(=O)C1(N)CCOCC1.NC1(C(=O)O)CCOCC1. The summed E-state index contributed by atoms with van der Waals surface area (Å²) in [7, 11) is 1.35. The minimum Gasteiger partial charge on any atom is -0.480 e. The van der Waals surface area contributed by atoms with Gasteiger partial charge in [-0.05, 0) is 25.7 Å². The molecule has 0 unspecified atom stereocenters. The Bertz CT molecular complexity index is 362. The highest BCUT2D eigenvalue weighted by atomic mass is 16.5. The van der Waals surface area contributed by atoms with Gasteiger partial charge in [0.1, 0.15) is 11.1 Å². The molecule has 2 aliphatic rings. The van der Waals surface area contributed by atoms with Crippen molar-refractivity contribution in [1.29, 1.82) is 0 Å². The minimum atomic E-state index is -1.03. The van der Waals surface area contributed by atoms with E-state index in [9.17, 15) is 9.59 Å².